The van der Waals surface area contributed by atoms with Crippen LogP contribution >= 0.6 is 0 Å². The molecule has 0 radical (unpaired) electrons. The Hall–Kier alpha value is -2.87. The van der Waals surface area contributed by atoms with Gasteiger partial charge in [0.2, 0.25) is 0 Å². The lowest BCUT2D eigenvalue weighted by atomic mass is 9.98. The van der Waals surface area contributed by atoms with Gasteiger partial charge in [-0.05, 0) is 43.0 Å². The average Bonchev–Trinajstić information content (AvgIpc) is 3.04. The number of anilines is 1. The zero-order chi connectivity index (χ0) is 21.0. The van der Waals surface area contributed by atoms with Crippen LogP contribution in [0, 0.1) is 5.92 Å². The van der Waals surface area contributed by atoms with Gasteiger partial charge >= 0.3 is 5.97 Å². The molecule has 2 amide bonds. The number of hydrogen-bond donors (Lipinski definition) is 2. The Labute approximate surface area is 170 Å². The Kier molecular flexibility index (Phi) is 6.53. The highest BCUT2D eigenvalue weighted by Crippen LogP contribution is 2.24. The number of rotatable bonds is 6. The van der Waals surface area contributed by atoms with Crippen LogP contribution in [0.15, 0.2) is 35.5 Å². The predicted octanol–water partition coefficient (Wildman–Crippen LogP) is 1.23. The van der Waals surface area contributed by atoms with Crippen molar-refractivity contribution in [2.24, 2.45) is 5.92 Å². The van der Waals surface area contributed by atoms with Gasteiger partial charge in [-0.15, -0.1) is 0 Å². The summed E-state index contributed by atoms with van der Waals surface area (Å²) in [7, 11) is 1.26. The zero-order valence-corrected chi connectivity index (χ0v) is 16.8. The number of carbonyl (C=O) groups excluding carboxylic acids is 3. The van der Waals surface area contributed by atoms with Crippen molar-refractivity contribution in [3.05, 3.63) is 41.1 Å². The maximum Gasteiger partial charge on any atom is 0.337 e. The molecule has 0 saturated carbocycles. The van der Waals surface area contributed by atoms with Crippen LogP contribution in [0.5, 0.6) is 0 Å². The Morgan fingerprint density at radius 2 is 1.86 bits per heavy atom. The lowest BCUT2D eigenvalue weighted by molar-refractivity contribution is -0.136. The van der Waals surface area contributed by atoms with Crippen LogP contribution in [0.3, 0.4) is 0 Å². The summed E-state index contributed by atoms with van der Waals surface area (Å²) in [6, 6.07) is 6.85. The van der Waals surface area contributed by atoms with Crippen LogP contribution in [0.4, 0.5) is 5.69 Å². The molecular formula is C21H27N3O5. The lowest BCUT2D eigenvalue weighted by Crippen LogP contribution is -2.37. The number of β-amino-alcohol motifs (C(OH)–C–C–N with tert-alkyl or cyclic N) is 1. The Bertz CT molecular complexity index is 810. The summed E-state index contributed by atoms with van der Waals surface area (Å²) in [6.07, 6.45) is 2.03. The highest BCUT2D eigenvalue weighted by atomic mass is 16.5. The molecule has 2 aliphatic heterocycles. The molecular weight excluding hydrogens is 374 g/mol. The van der Waals surface area contributed by atoms with Crippen LogP contribution < -0.4 is 5.32 Å². The second kappa shape index (κ2) is 9.09. The number of amides is 2. The minimum Gasteiger partial charge on any atom is -0.466 e. The van der Waals surface area contributed by atoms with Crippen LogP contribution in [-0.2, 0) is 14.3 Å². The highest BCUT2D eigenvalue weighted by molar-refractivity contribution is 6.08. The normalized spacial score (nSPS) is 17.7. The second-order valence-corrected chi connectivity index (χ2v) is 7.47. The molecule has 156 valence electrons. The predicted molar refractivity (Wildman–Crippen MR) is 107 cm³/mol. The first-order chi connectivity index (χ1) is 13.9. The number of aliphatic hydroxyl groups is 1. The molecule has 0 atom stereocenters. The quantitative estimate of drug-likeness (QED) is 0.696. The fourth-order valence-corrected chi connectivity index (χ4v) is 3.58. The first-order valence-electron chi connectivity index (χ1n) is 9.82. The third kappa shape index (κ3) is 4.59. The van der Waals surface area contributed by atoms with E-state index < -0.39 is 5.97 Å². The van der Waals surface area contributed by atoms with E-state index in [1.54, 1.807) is 24.3 Å². The molecule has 1 aromatic rings. The van der Waals surface area contributed by atoms with Crippen LogP contribution in [0.1, 0.15) is 30.1 Å². The average molecular weight is 401 g/mol. The summed E-state index contributed by atoms with van der Waals surface area (Å²) in [5.41, 5.74) is 1.53. The summed E-state index contributed by atoms with van der Waals surface area (Å²) in [5, 5.41) is 12.1. The number of piperidine rings is 1. The number of benzene rings is 1. The van der Waals surface area contributed by atoms with E-state index in [0.717, 1.165) is 25.9 Å². The van der Waals surface area contributed by atoms with Gasteiger partial charge in [-0.3, -0.25) is 9.59 Å². The van der Waals surface area contributed by atoms with Crippen LogP contribution in [0.25, 0.3) is 0 Å². The fraction of sp³-hybridized carbons (Fsp3) is 0.476. The maximum absolute atomic E-state index is 12.7. The van der Waals surface area contributed by atoms with E-state index in [-0.39, 0.29) is 42.8 Å². The molecule has 1 saturated heterocycles. The third-order valence-electron chi connectivity index (χ3n) is 5.43. The number of carbonyl (C=O) groups is 3. The zero-order valence-electron chi connectivity index (χ0n) is 16.8. The lowest BCUT2D eigenvalue weighted by Gasteiger charge is -2.30. The molecule has 0 bridgehead atoms. The monoisotopic (exact) mass is 401 g/mol. The molecule has 1 fully saturated rings. The molecule has 2 N–H and O–H groups in total. The summed E-state index contributed by atoms with van der Waals surface area (Å²) < 4.78 is 4.77. The smallest absolute Gasteiger partial charge is 0.337 e. The molecule has 0 spiro atoms. The van der Waals surface area contributed by atoms with Gasteiger partial charge in [0.05, 0.1) is 25.8 Å². The van der Waals surface area contributed by atoms with Gasteiger partial charge in [-0.25, -0.2) is 4.79 Å². The van der Waals surface area contributed by atoms with E-state index in [0.29, 0.717) is 17.2 Å². The first-order valence-corrected chi connectivity index (χ1v) is 9.82. The molecule has 0 aromatic heterocycles. The largest absolute Gasteiger partial charge is 0.466 e. The minimum atomic E-state index is -0.590. The van der Waals surface area contributed by atoms with Gasteiger partial charge in [0, 0.05) is 30.9 Å². The van der Waals surface area contributed by atoms with Crippen LogP contribution in [-0.4, -0.2) is 72.6 Å². The van der Waals surface area contributed by atoms with Crippen molar-refractivity contribution in [2.45, 2.75) is 19.8 Å². The number of nitrogens with zero attached hydrogens (tertiary/aromatic N) is 2. The number of nitrogens with one attached hydrogen (secondary N) is 1. The number of methoxy groups -OCH3 is 1. The third-order valence-corrected chi connectivity index (χ3v) is 5.43. The van der Waals surface area contributed by atoms with Gasteiger partial charge in [-0.2, -0.15) is 0 Å². The van der Waals surface area contributed by atoms with Crippen molar-refractivity contribution in [2.75, 3.05) is 45.2 Å². The Morgan fingerprint density at radius 3 is 2.45 bits per heavy atom. The summed E-state index contributed by atoms with van der Waals surface area (Å²) in [6.45, 7) is 3.75. The summed E-state index contributed by atoms with van der Waals surface area (Å²) in [4.78, 5) is 40.5. The van der Waals surface area contributed by atoms with E-state index in [4.69, 9.17) is 9.84 Å². The topological polar surface area (TPSA) is 99.2 Å². The van der Waals surface area contributed by atoms with E-state index in [1.807, 2.05) is 4.90 Å². The number of esters is 1. The molecule has 2 heterocycles. The number of aliphatic hydroxyl groups excluding tert-OH is 1. The SMILES string of the molecule is COC(=O)C1=C(Nc2ccc(C(=O)N3CCC(C)CC3)cc2)C(=O)N(CCO)C1. The van der Waals surface area contributed by atoms with Gasteiger partial charge < -0.3 is 25.0 Å². The van der Waals surface area contributed by atoms with Crippen molar-refractivity contribution in [1.82, 2.24) is 9.80 Å². The molecule has 0 unspecified atom stereocenters. The van der Waals surface area contributed by atoms with Gasteiger partial charge in [0.15, 0.2) is 0 Å². The maximum atomic E-state index is 12.7. The standard InChI is InChI=1S/C21H27N3O5/c1-14-7-9-23(10-8-14)19(26)15-3-5-16(6-4-15)22-18-17(21(28)29-2)13-24(11-12-25)20(18)27/h3-6,14,22,25H,7-13H2,1-2H3. The minimum absolute atomic E-state index is 0.00368. The first kappa shape index (κ1) is 20.9. The Balaban J connectivity index is 1.73. The van der Waals surface area contributed by atoms with Crippen molar-refractivity contribution in [1.29, 1.82) is 0 Å². The van der Waals surface area contributed by atoms with Crippen LogP contribution in [0.2, 0.25) is 0 Å². The van der Waals surface area contributed by atoms with Crippen molar-refractivity contribution in [3.63, 3.8) is 0 Å². The summed E-state index contributed by atoms with van der Waals surface area (Å²) >= 11 is 0. The Morgan fingerprint density at radius 1 is 1.21 bits per heavy atom. The van der Waals surface area contributed by atoms with Crippen molar-refractivity contribution >= 4 is 23.5 Å². The second-order valence-electron chi connectivity index (χ2n) is 7.47. The van der Waals surface area contributed by atoms with E-state index in [1.165, 1.54) is 12.0 Å². The molecule has 29 heavy (non-hydrogen) atoms. The summed E-state index contributed by atoms with van der Waals surface area (Å²) in [5.74, 6) is -0.310. The number of hydrogen-bond acceptors (Lipinski definition) is 6. The van der Waals surface area contributed by atoms with E-state index >= 15 is 0 Å². The van der Waals surface area contributed by atoms with Gasteiger partial charge in [0.25, 0.3) is 11.8 Å². The molecule has 2 aliphatic rings. The molecule has 1 aromatic carbocycles. The van der Waals surface area contributed by atoms with E-state index in [2.05, 4.69) is 12.2 Å². The van der Waals surface area contributed by atoms with E-state index in [9.17, 15) is 14.4 Å². The number of likely N-dealkylation sites (tertiary alicyclic amines) is 1. The number of ether oxygens (including phenoxy) is 1. The highest BCUT2D eigenvalue weighted by Gasteiger charge is 2.34. The van der Waals surface area contributed by atoms with Crippen molar-refractivity contribution < 1.29 is 24.2 Å². The fourth-order valence-electron chi connectivity index (χ4n) is 3.58. The van der Waals surface area contributed by atoms with Gasteiger partial charge in [0.1, 0.15) is 5.70 Å². The molecule has 8 nitrogen and oxygen atoms in total. The molecule has 3 rings (SSSR count). The molecule has 0 aliphatic carbocycles. The molecule has 8 heteroatoms. The van der Waals surface area contributed by atoms with Gasteiger partial charge in [-0.1, -0.05) is 6.92 Å². The van der Waals surface area contributed by atoms with Crippen molar-refractivity contribution in [3.8, 4) is 0 Å².